The number of hydrogen-bond donors (Lipinski definition) is 0. The van der Waals surface area contributed by atoms with Crippen LogP contribution in [0, 0.1) is 5.82 Å². The summed E-state index contributed by atoms with van der Waals surface area (Å²) < 4.78 is 19.8. The molecule has 2 heterocycles. The lowest BCUT2D eigenvalue weighted by molar-refractivity contribution is 0.0839. The SMILES string of the molecule is C[C@@H]1CN(Cc2ccccc2F)CCN1CC1=Cc2ccccc2OC1. The monoisotopic (exact) mass is 352 g/mol. The maximum atomic E-state index is 13.9. The Kier molecular flexibility index (Phi) is 5.05. The van der Waals surface area contributed by atoms with Crippen LogP contribution in [0.15, 0.2) is 54.1 Å². The summed E-state index contributed by atoms with van der Waals surface area (Å²) in [7, 11) is 0. The van der Waals surface area contributed by atoms with Gasteiger partial charge in [-0.05, 0) is 30.7 Å². The molecule has 0 spiro atoms. The molecule has 26 heavy (non-hydrogen) atoms. The van der Waals surface area contributed by atoms with Crippen molar-refractivity contribution in [2.24, 2.45) is 0 Å². The minimum Gasteiger partial charge on any atom is -0.489 e. The lowest BCUT2D eigenvalue weighted by atomic mass is 10.1. The summed E-state index contributed by atoms with van der Waals surface area (Å²) in [5.74, 6) is 0.866. The molecule has 0 amide bonds. The molecule has 2 aromatic rings. The summed E-state index contributed by atoms with van der Waals surface area (Å²) in [5.41, 5.74) is 3.27. The fourth-order valence-electron chi connectivity index (χ4n) is 3.83. The molecule has 1 fully saturated rings. The Morgan fingerprint density at radius 3 is 2.69 bits per heavy atom. The molecule has 1 atom stereocenters. The van der Waals surface area contributed by atoms with E-state index in [1.54, 1.807) is 12.1 Å². The molecule has 0 radical (unpaired) electrons. The van der Waals surface area contributed by atoms with Gasteiger partial charge in [-0.1, -0.05) is 36.4 Å². The Morgan fingerprint density at radius 1 is 1.04 bits per heavy atom. The van der Waals surface area contributed by atoms with Crippen LogP contribution in [-0.4, -0.2) is 48.6 Å². The number of nitrogens with zero attached hydrogens (tertiary/aromatic N) is 2. The summed E-state index contributed by atoms with van der Waals surface area (Å²) >= 11 is 0. The van der Waals surface area contributed by atoms with Gasteiger partial charge in [0.25, 0.3) is 0 Å². The lowest BCUT2D eigenvalue weighted by Gasteiger charge is -2.40. The molecule has 0 bridgehead atoms. The van der Waals surface area contributed by atoms with Crippen LogP contribution in [0.4, 0.5) is 4.39 Å². The molecule has 0 unspecified atom stereocenters. The van der Waals surface area contributed by atoms with Crippen LogP contribution in [0.5, 0.6) is 5.75 Å². The highest BCUT2D eigenvalue weighted by Crippen LogP contribution is 2.26. The predicted molar refractivity (Wildman–Crippen MR) is 103 cm³/mol. The standard InChI is InChI=1S/C22H25FN2O/c1-17-13-24(15-20-7-2-4-8-21(20)23)10-11-25(17)14-18-12-19-6-3-5-9-22(19)26-16-18/h2-9,12,17H,10-11,13-16H2,1H3/t17-/m1/s1. The molecule has 0 saturated carbocycles. The Bertz CT molecular complexity index is 804. The van der Waals surface area contributed by atoms with Crippen LogP contribution in [0.3, 0.4) is 0 Å². The van der Waals surface area contributed by atoms with Gasteiger partial charge in [-0.3, -0.25) is 9.80 Å². The normalized spacial score (nSPS) is 21.0. The number of halogens is 1. The van der Waals surface area contributed by atoms with Crippen molar-refractivity contribution in [3.05, 3.63) is 71.0 Å². The van der Waals surface area contributed by atoms with Crippen molar-refractivity contribution in [1.29, 1.82) is 0 Å². The maximum absolute atomic E-state index is 13.9. The summed E-state index contributed by atoms with van der Waals surface area (Å²) in [4.78, 5) is 4.85. The summed E-state index contributed by atoms with van der Waals surface area (Å²) in [6.07, 6.45) is 2.26. The largest absolute Gasteiger partial charge is 0.489 e. The molecular weight excluding hydrogens is 327 g/mol. The minimum absolute atomic E-state index is 0.106. The van der Waals surface area contributed by atoms with Crippen molar-refractivity contribution >= 4 is 6.08 Å². The molecule has 0 aliphatic carbocycles. The van der Waals surface area contributed by atoms with Crippen LogP contribution in [0.1, 0.15) is 18.1 Å². The molecule has 1 saturated heterocycles. The molecule has 4 heteroatoms. The second kappa shape index (κ2) is 7.60. The van der Waals surface area contributed by atoms with Gasteiger partial charge < -0.3 is 4.74 Å². The van der Waals surface area contributed by atoms with Gasteiger partial charge in [-0.2, -0.15) is 0 Å². The van der Waals surface area contributed by atoms with E-state index in [2.05, 4.69) is 28.9 Å². The Morgan fingerprint density at radius 2 is 1.85 bits per heavy atom. The summed E-state index contributed by atoms with van der Waals surface area (Å²) in [6, 6.07) is 15.7. The number of para-hydroxylation sites is 1. The first-order valence-corrected chi connectivity index (χ1v) is 9.30. The van der Waals surface area contributed by atoms with Gasteiger partial charge in [0, 0.05) is 49.9 Å². The second-order valence-electron chi connectivity index (χ2n) is 7.28. The van der Waals surface area contributed by atoms with Crippen molar-refractivity contribution in [3.63, 3.8) is 0 Å². The quantitative estimate of drug-likeness (QED) is 0.832. The van der Waals surface area contributed by atoms with Gasteiger partial charge in [0.05, 0.1) is 0 Å². The van der Waals surface area contributed by atoms with Crippen molar-refractivity contribution in [3.8, 4) is 5.75 Å². The van der Waals surface area contributed by atoms with Gasteiger partial charge in [0.15, 0.2) is 0 Å². The zero-order chi connectivity index (χ0) is 17.9. The van der Waals surface area contributed by atoms with Gasteiger partial charge in [-0.15, -0.1) is 0 Å². The van der Waals surface area contributed by atoms with E-state index in [1.165, 1.54) is 11.1 Å². The molecule has 0 N–H and O–H groups in total. The van der Waals surface area contributed by atoms with E-state index in [1.807, 2.05) is 30.3 Å². The van der Waals surface area contributed by atoms with Crippen LogP contribution < -0.4 is 4.74 Å². The topological polar surface area (TPSA) is 15.7 Å². The van der Waals surface area contributed by atoms with Crippen LogP contribution in [0.2, 0.25) is 0 Å². The van der Waals surface area contributed by atoms with Gasteiger partial charge in [-0.25, -0.2) is 4.39 Å². The highest BCUT2D eigenvalue weighted by molar-refractivity contribution is 5.62. The maximum Gasteiger partial charge on any atom is 0.127 e. The summed E-state index contributed by atoms with van der Waals surface area (Å²) in [5, 5.41) is 0. The Hall–Kier alpha value is -2.17. The fraction of sp³-hybridized carbons (Fsp3) is 0.364. The molecular formula is C22H25FN2O. The minimum atomic E-state index is -0.106. The molecule has 2 aliphatic heterocycles. The van der Waals surface area contributed by atoms with E-state index in [0.29, 0.717) is 19.2 Å². The third-order valence-corrected chi connectivity index (χ3v) is 5.30. The van der Waals surface area contributed by atoms with Gasteiger partial charge in [0.2, 0.25) is 0 Å². The predicted octanol–water partition coefficient (Wildman–Crippen LogP) is 3.81. The van der Waals surface area contributed by atoms with Crippen molar-refractivity contribution in [2.75, 3.05) is 32.8 Å². The highest BCUT2D eigenvalue weighted by Gasteiger charge is 2.25. The van der Waals surface area contributed by atoms with E-state index < -0.39 is 0 Å². The number of rotatable bonds is 4. The fourth-order valence-corrected chi connectivity index (χ4v) is 3.83. The number of hydrogen-bond acceptors (Lipinski definition) is 3. The van der Waals surface area contributed by atoms with Crippen molar-refractivity contribution in [1.82, 2.24) is 9.80 Å². The average molecular weight is 352 g/mol. The molecule has 0 aromatic heterocycles. The van der Waals surface area contributed by atoms with Crippen molar-refractivity contribution in [2.45, 2.75) is 19.5 Å². The van der Waals surface area contributed by atoms with E-state index in [0.717, 1.165) is 37.5 Å². The Labute approximate surface area is 154 Å². The van der Waals surface area contributed by atoms with E-state index in [9.17, 15) is 4.39 Å². The van der Waals surface area contributed by atoms with Crippen molar-refractivity contribution < 1.29 is 9.13 Å². The number of piperazine rings is 1. The van der Waals surface area contributed by atoms with Gasteiger partial charge >= 0.3 is 0 Å². The second-order valence-corrected chi connectivity index (χ2v) is 7.28. The first kappa shape index (κ1) is 17.3. The third-order valence-electron chi connectivity index (χ3n) is 5.30. The molecule has 3 nitrogen and oxygen atoms in total. The average Bonchev–Trinajstić information content (AvgIpc) is 2.66. The number of fused-ring (bicyclic) bond motifs is 1. The van der Waals surface area contributed by atoms with Crippen LogP contribution in [0.25, 0.3) is 6.08 Å². The van der Waals surface area contributed by atoms with E-state index >= 15 is 0 Å². The zero-order valence-corrected chi connectivity index (χ0v) is 15.2. The van der Waals surface area contributed by atoms with Gasteiger partial charge in [0.1, 0.15) is 18.2 Å². The summed E-state index contributed by atoms with van der Waals surface area (Å²) in [6.45, 7) is 7.45. The smallest absolute Gasteiger partial charge is 0.127 e. The molecule has 2 aromatic carbocycles. The molecule has 2 aliphatic rings. The van der Waals surface area contributed by atoms with Crippen LogP contribution >= 0.6 is 0 Å². The highest BCUT2D eigenvalue weighted by atomic mass is 19.1. The van der Waals surface area contributed by atoms with E-state index in [-0.39, 0.29) is 5.82 Å². The third kappa shape index (κ3) is 3.81. The number of benzene rings is 2. The molecule has 4 rings (SSSR count). The Balaban J connectivity index is 1.36. The molecule has 136 valence electrons. The van der Waals surface area contributed by atoms with E-state index in [4.69, 9.17) is 4.74 Å². The zero-order valence-electron chi connectivity index (χ0n) is 15.2. The first-order chi connectivity index (χ1) is 12.7. The first-order valence-electron chi connectivity index (χ1n) is 9.30. The number of ether oxygens (including phenoxy) is 1. The van der Waals surface area contributed by atoms with Crippen LogP contribution in [-0.2, 0) is 6.54 Å². The lowest BCUT2D eigenvalue weighted by Crippen LogP contribution is -2.52.